The van der Waals surface area contributed by atoms with Crippen LogP contribution in [0, 0.1) is 58.2 Å². The van der Waals surface area contributed by atoms with Crippen molar-refractivity contribution in [3.05, 3.63) is 149 Å². The summed E-state index contributed by atoms with van der Waals surface area (Å²) in [7, 11) is -9.82. The van der Waals surface area contributed by atoms with Gasteiger partial charge in [-0.1, -0.05) is 54.6 Å². The highest BCUT2D eigenvalue weighted by atomic mass is 35.7. The lowest BCUT2D eigenvalue weighted by Gasteiger charge is -2.24. The fourth-order valence-corrected chi connectivity index (χ4v) is 10.5. The summed E-state index contributed by atoms with van der Waals surface area (Å²) < 4.78 is 219. The summed E-state index contributed by atoms with van der Waals surface area (Å²) in [5, 5.41) is 6.57. The van der Waals surface area contributed by atoms with Crippen LogP contribution in [0.3, 0.4) is 0 Å². The summed E-state index contributed by atoms with van der Waals surface area (Å²) in [6, 6.07) is 18.4. The van der Waals surface area contributed by atoms with Gasteiger partial charge >= 0.3 is 46.2 Å². The average molecular weight is 1340 g/mol. The first-order chi connectivity index (χ1) is 40.7. The minimum atomic E-state index is -4.91. The van der Waals surface area contributed by atoms with Crippen LogP contribution in [0.1, 0.15) is 83.1 Å². The van der Waals surface area contributed by atoms with Gasteiger partial charge in [-0.15, -0.1) is 0 Å². The Morgan fingerprint density at radius 2 is 0.591 bits per heavy atom. The molecule has 20 nitrogen and oxygen atoms in total. The SMILES string of the molecule is CC(C)OC(=O)[C@H](C)N.CC(C)OC(=O)[C@H](C)NP(=O)(Cl)Oc1ccccc1.CC(C)OC(=O)[C@H](C)NP(=O)(Oc1ccccc1)Oc1c(F)c(F)c(F)c(F)c1F.CC(C)OC(=O)[C@H](C)N[P@@](=O)(Oc1ccccc1)Oc1c(F)c(F)c(F)c(F)c1F. The molecule has 5 aromatic rings. The van der Waals surface area contributed by atoms with Crippen molar-refractivity contribution in [3.8, 4) is 28.7 Å². The van der Waals surface area contributed by atoms with Crippen LogP contribution in [0.2, 0.25) is 0 Å². The Bertz CT molecular complexity index is 3060. The molecule has 88 heavy (non-hydrogen) atoms. The van der Waals surface area contributed by atoms with Gasteiger partial charge in [-0.05, 0) is 119 Å². The summed E-state index contributed by atoms with van der Waals surface area (Å²) in [4.78, 5) is 46.1. The molecule has 0 bridgehead atoms. The average Bonchev–Trinajstić information content (AvgIpc) is 1.23. The van der Waals surface area contributed by atoms with E-state index < -0.39 is 146 Å². The van der Waals surface area contributed by atoms with E-state index in [-0.39, 0.29) is 29.7 Å². The van der Waals surface area contributed by atoms with Crippen molar-refractivity contribution >= 4 is 57.5 Å². The number of nitrogens with one attached hydrogen (secondary N) is 3. The number of hydrogen-bond donors (Lipinski definition) is 4. The van der Waals surface area contributed by atoms with Crippen LogP contribution in [0.5, 0.6) is 28.7 Å². The molecule has 0 radical (unpaired) electrons. The molecule has 488 valence electrons. The molecule has 0 amide bonds. The predicted molar refractivity (Wildman–Crippen MR) is 300 cm³/mol. The monoisotopic (exact) mass is 1340 g/mol. The number of ether oxygens (including phenoxy) is 4. The van der Waals surface area contributed by atoms with Gasteiger partial charge in [0.25, 0.3) is 0 Å². The molecule has 5 N–H and O–H groups in total. The Balaban J connectivity index is 0.000000429. The molecule has 0 saturated heterocycles. The van der Waals surface area contributed by atoms with Gasteiger partial charge in [0.05, 0.1) is 24.4 Å². The highest BCUT2D eigenvalue weighted by Gasteiger charge is 2.40. The predicted octanol–water partition coefficient (Wildman–Crippen LogP) is 13.4. The lowest BCUT2D eigenvalue weighted by atomic mass is 10.3. The first-order valence-corrected chi connectivity index (χ1v) is 31.4. The number of esters is 4. The van der Waals surface area contributed by atoms with E-state index in [4.69, 9.17) is 49.5 Å². The molecule has 0 fully saturated rings. The van der Waals surface area contributed by atoms with Crippen LogP contribution >= 0.6 is 33.6 Å². The summed E-state index contributed by atoms with van der Waals surface area (Å²) in [6.45, 7) is 15.0. The second kappa shape index (κ2) is 35.3. The maximum atomic E-state index is 14.0. The third-order valence-corrected chi connectivity index (χ3v) is 14.4. The van der Waals surface area contributed by atoms with Crippen molar-refractivity contribution in [2.24, 2.45) is 5.73 Å². The van der Waals surface area contributed by atoms with Gasteiger partial charge < -0.3 is 47.3 Å². The minimum absolute atomic E-state index is 0.0662. The Morgan fingerprint density at radius 1 is 0.364 bits per heavy atom. The first-order valence-electron chi connectivity index (χ1n) is 25.8. The molecular formula is C54H64ClF10N4O16P3. The number of carbonyl (C=O) groups is 4. The van der Waals surface area contributed by atoms with Crippen molar-refractivity contribution < 1.29 is 118 Å². The third kappa shape index (κ3) is 25.7. The molecule has 0 aromatic heterocycles. The van der Waals surface area contributed by atoms with Crippen molar-refractivity contribution in [3.63, 3.8) is 0 Å². The van der Waals surface area contributed by atoms with E-state index in [1.165, 1.54) is 97.0 Å². The molecule has 0 aliphatic heterocycles. The van der Waals surface area contributed by atoms with E-state index in [1.807, 2.05) is 0 Å². The number of halogens is 11. The molecule has 0 heterocycles. The lowest BCUT2D eigenvalue weighted by Crippen LogP contribution is -2.37. The molecule has 5 aromatic carbocycles. The Hall–Kier alpha value is -6.90. The highest BCUT2D eigenvalue weighted by molar-refractivity contribution is 7.84. The van der Waals surface area contributed by atoms with Gasteiger partial charge in [0.1, 0.15) is 41.4 Å². The van der Waals surface area contributed by atoms with Crippen LogP contribution in [0.25, 0.3) is 0 Å². The standard InChI is InChI=1S/2C18H17F5NO5P.C12H17ClNO4P.C6H13NO2/c2*1-9(2)27-18(25)10(3)24-30(26,28-11-7-5-4-6-8-11)29-17-15(22)13(20)12(19)14(21)16(17)23;1-9(2)17-12(15)10(3)14-19(13,16)18-11-7-5-4-6-8-11;1-4(2)9-6(8)5(3)7/h2*4-10H,1-3H3,(H,24,26);4-10H,1-3H3,(H,14,16);4-5H,7H2,1-3H3/t10-,30?;10-,30+;10-,19?;5-/m0000/s1. The summed E-state index contributed by atoms with van der Waals surface area (Å²) in [5.74, 6) is -29.8. The fourth-order valence-electron chi connectivity index (χ4n) is 5.80. The highest BCUT2D eigenvalue weighted by Crippen LogP contribution is 2.50. The second-order valence-corrected chi connectivity index (χ2v) is 24.9. The van der Waals surface area contributed by atoms with Crippen molar-refractivity contribution in [1.82, 2.24) is 15.3 Å². The Labute approximate surface area is 504 Å². The maximum absolute atomic E-state index is 14.0. The van der Waals surface area contributed by atoms with E-state index >= 15 is 0 Å². The van der Waals surface area contributed by atoms with Crippen LogP contribution < -0.4 is 43.6 Å². The Morgan fingerprint density at radius 3 is 0.830 bits per heavy atom. The molecule has 34 heteroatoms. The van der Waals surface area contributed by atoms with E-state index in [9.17, 15) is 76.8 Å². The van der Waals surface area contributed by atoms with Gasteiger partial charge in [-0.25, -0.2) is 45.1 Å². The van der Waals surface area contributed by atoms with Gasteiger partial charge in [0, 0.05) is 11.2 Å². The van der Waals surface area contributed by atoms with Gasteiger partial charge in [-0.2, -0.15) is 27.7 Å². The number of para-hydroxylation sites is 3. The van der Waals surface area contributed by atoms with Gasteiger partial charge in [0.15, 0.2) is 0 Å². The number of rotatable bonds is 24. The minimum Gasteiger partial charge on any atom is -0.462 e. The first kappa shape index (κ1) is 77.2. The molecule has 5 rings (SSSR count). The Kier molecular flexibility index (Phi) is 31.0. The quantitative estimate of drug-likeness (QED) is 0.0112. The van der Waals surface area contributed by atoms with Crippen molar-refractivity contribution in [2.45, 2.75) is 132 Å². The zero-order valence-corrected chi connectivity index (χ0v) is 52.3. The van der Waals surface area contributed by atoms with E-state index in [0.717, 1.165) is 0 Å². The van der Waals surface area contributed by atoms with E-state index in [1.54, 1.807) is 77.1 Å². The lowest BCUT2D eigenvalue weighted by molar-refractivity contribution is -0.149. The number of nitrogens with two attached hydrogens (primary N) is 1. The summed E-state index contributed by atoms with van der Waals surface area (Å²) in [6.07, 6.45) is -1.41. The number of hydrogen-bond acceptors (Lipinski definition) is 17. The van der Waals surface area contributed by atoms with Crippen LogP contribution in [0.4, 0.5) is 43.9 Å². The van der Waals surface area contributed by atoms with Gasteiger partial charge in [0.2, 0.25) is 69.7 Å². The van der Waals surface area contributed by atoms with Crippen molar-refractivity contribution in [1.29, 1.82) is 0 Å². The zero-order valence-electron chi connectivity index (χ0n) is 48.9. The summed E-state index contributed by atoms with van der Waals surface area (Å²) in [5.41, 5.74) is 5.21. The van der Waals surface area contributed by atoms with E-state index in [0.29, 0.717) is 5.75 Å². The maximum Gasteiger partial charge on any atom is 0.513 e. The molecular weight excluding hydrogens is 1280 g/mol. The normalized spacial score (nSPS) is 14.4. The second-order valence-electron chi connectivity index (χ2n) is 19.0. The third-order valence-electron chi connectivity index (χ3n) is 9.56. The van der Waals surface area contributed by atoms with E-state index in [2.05, 4.69) is 24.3 Å². The molecule has 2 unspecified atom stereocenters. The zero-order chi connectivity index (χ0) is 67.2. The smallest absolute Gasteiger partial charge is 0.462 e. The van der Waals surface area contributed by atoms with Crippen LogP contribution in [-0.2, 0) is 51.8 Å². The molecule has 0 aliphatic rings. The largest absolute Gasteiger partial charge is 0.513 e. The number of benzene rings is 5. The molecule has 7 atom stereocenters. The molecule has 0 spiro atoms. The van der Waals surface area contributed by atoms with Crippen LogP contribution in [-0.4, -0.2) is 72.5 Å². The van der Waals surface area contributed by atoms with Crippen LogP contribution in [0.15, 0.2) is 91.0 Å². The summed E-state index contributed by atoms with van der Waals surface area (Å²) >= 11 is 5.76. The van der Waals surface area contributed by atoms with Crippen molar-refractivity contribution in [2.75, 3.05) is 0 Å². The molecule has 0 saturated carbocycles. The number of carbonyl (C=O) groups excluding carboxylic acids is 4. The molecule has 0 aliphatic carbocycles. The fraction of sp³-hybridized carbons (Fsp3) is 0.370. The van der Waals surface area contributed by atoms with Gasteiger partial charge in [-0.3, -0.25) is 19.2 Å². The topological polar surface area (TPSA) is 265 Å².